The van der Waals surface area contributed by atoms with Gasteiger partial charge in [-0.25, -0.2) is 19.7 Å². The smallest absolute Gasteiger partial charge is 0.413 e. The summed E-state index contributed by atoms with van der Waals surface area (Å²) in [6, 6.07) is 14.7. The van der Waals surface area contributed by atoms with Gasteiger partial charge < -0.3 is 28.8 Å². The molecule has 4 aromatic rings. The molecule has 2 saturated heterocycles. The Balaban J connectivity index is 1.14. The summed E-state index contributed by atoms with van der Waals surface area (Å²) in [7, 11) is 0. The number of aryl methyl sites for hydroxylation is 1. The lowest BCUT2D eigenvalue weighted by Gasteiger charge is -2.25. The van der Waals surface area contributed by atoms with Crippen molar-refractivity contribution in [2.45, 2.75) is 90.0 Å². The summed E-state index contributed by atoms with van der Waals surface area (Å²) in [6.07, 6.45) is 0.996. The molecule has 248 valence electrons. The Hall–Kier alpha value is -4.43. The molecule has 13 nitrogen and oxygen atoms in total. The Morgan fingerprint density at radius 1 is 1.04 bits per heavy atom. The Bertz CT molecular complexity index is 1770. The number of aliphatic hydroxyl groups is 1. The second kappa shape index (κ2) is 13.0. The van der Waals surface area contributed by atoms with Crippen molar-refractivity contribution in [3.8, 4) is 5.75 Å². The predicted molar refractivity (Wildman–Crippen MR) is 170 cm³/mol. The third kappa shape index (κ3) is 7.28. The van der Waals surface area contributed by atoms with Gasteiger partial charge in [0.05, 0.1) is 12.9 Å². The van der Waals surface area contributed by atoms with E-state index < -0.39 is 42.0 Å². The van der Waals surface area contributed by atoms with Gasteiger partial charge in [-0.1, -0.05) is 36.4 Å². The van der Waals surface area contributed by atoms with Crippen LogP contribution in [-0.4, -0.2) is 72.8 Å². The fourth-order valence-electron chi connectivity index (χ4n) is 5.84. The Morgan fingerprint density at radius 3 is 2.62 bits per heavy atom. The lowest BCUT2D eigenvalue weighted by Crippen LogP contribution is -2.33. The Morgan fingerprint density at radius 2 is 1.83 bits per heavy atom. The highest BCUT2D eigenvalue weighted by molar-refractivity contribution is 5.97. The van der Waals surface area contributed by atoms with E-state index in [1.54, 1.807) is 55.9 Å². The van der Waals surface area contributed by atoms with Crippen molar-refractivity contribution in [2.24, 2.45) is 0 Å². The van der Waals surface area contributed by atoms with Gasteiger partial charge in [0.25, 0.3) is 0 Å². The van der Waals surface area contributed by atoms with Crippen LogP contribution in [0.5, 0.6) is 5.75 Å². The first-order chi connectivity index (χ1) is 22.4. The largest absolute Gasteiger partial charge is 0.491 e. The zero-order valence-corrected chi connectivity index (χ0v) is 27.0. The third-order valence-corrected chi connectivity index (χ3v) is 7.82. The molecule has 0 unspecified atom stereocenters. The molecule has 0 saturated carbocycles. The van der Waals surface area contributed by atoms with E-state index in [0.29, 0.717) is 40.9 Å². The second-order valence-electron chi connectivity index (χ2n) is 13.0. The van der Waals surface area contributed by atoms with E-state index in [1.807, 2.05) is 38.1 Å². The molecule has 4 heterocycles. The molecule has 0 bridgehead atoms. The van der Waals surface area contributed by atoms with Gasteiger partial charge in [-0.2, -0.15) is 0 Å². The number of anilines is 1. The maximum Gasteiger partial charge on any atom is 0.413 e. The highest BCUT2D eigenvalue weighted by Gasteiger charge is 2.56. The first-order valence-corrected chi connectivity index (χ1v) is 15.5. The number of nitrogens with one attached hydrogen (secondary N) is 1. The second-order valence-corrected chi connectivity index (χ2v) is 13.0. The van der Waals surface area contributed by atoms with Gasteiger partial charge in [-0.05, 0) is 64.3 Å². The van der Waals surface area contributed by atoms with Crippen LogP contribution in [0.25, 0.3) is 11.2 Å². The number of hydrogen-bond acceptors (Lipinski definition) is 11. The molecule has 2 aliphatic heterocycles. The van der Waals surface area contributed by atoms with Crippen molar-refractivity contribution in [2.75, 3.05) is 11.9 Å². The molecule has 4 atom stereocenters. The minimum Gasteiger partial charge on any atom is -0.491 e. The number of fused-ring (bicyclic) bond motifs is 2. The highest BCUT2D eigenvalue weighted by Crippen LogP contribution is 2.44. The fourth-order valence-corrected chi connectivity index (χ4v) is 5.84. The molecule has 0 radical (unpaired) electrons. The van der Waals surface area contributed by atoms with Crippen LogP contribution in [-0.2, 0) is 32.0 Å². The normalized spacial score (nSPS) is 21.8. The summed E-state index contributed by atoms with van der Waals surface area (Å²) >= 11 is 0. The average molecular weight is 646 g/mol. The molecule has 2 aliphatic rings. The molecule has 0 aliphatic carbocycles. The molecule has 13 heteroatoms. The van der Waals surface area contributed by atoms with Crippen molar-refractivity contribution >= 4 is 28.9 Å². The van der Waals surface area contributed by atoms with E-state index in [0.717, 1.165) is 5.56 Å². The van der Waals surface area contributed by atoms with E-state index in [2.05, 4.69) is 20.3 Å². The summed E-state index contributed by atoms with van der Waals surface area (Å²) in [6.45, 7) is 9.02. The van der Waals surface area contributed by atoms with Crippen molar-refractivity contribution in [3.05, 3.63) is 77.9 Å². The molecule has 1 amide bonds. The number of nitrogens with zero attached hydrogens (tertiary/aromatic N) is 4. The van der Waals surface area contributed by atoms with Crippen molar-refractivity contribution in [3.63, 3.8) is 0 Å². The van der Waals surface area contributed by atoms with Crippen LogP contribution in [0.4, 0.5) is 10.6 Å². The summed E-state index contributed by atoms with van der Waals surface area (Å²) in [4.78, 5) is 38.4. The number of benzene rings is 2. The Kier molecular flexibility index (Phi) is 8.99. The summed E-state index contributed by atoms with van der Waals surface area (Å²) in [5.41, 5.74) is 2.24. The molecule has 47 heavy (non-hydrogen) atoms. The number of ether oxygens (including phenoxy) is 5. The number of Topliss-reactive ketones (excluding diaryl/α,β-unsaturated/α-hetero) is 1. The van der Waals surface area contributed by atoms with E-state index in [1.165, 1.54) is 6.33 Å². The van der Waals surface area contributed by atoms with Crippen LogP contribution in [0.3, 0.4) is 0 Å². The number of rotatable bonds is 10. The third-order valence-electron chi connectivity index (χ3n) is 7.82. The number of amides is 1. The van der Waals surface area contributed by atoms with Crippen LogP contribution in [0, 0.1) is 0 Å². The van der Waals surface area contributed by atoms with Gasteiger partial charge in [-0.3, -0.25) is 14.7 Å². The number of hydrogen-bond donors (Lipinski definition) is 2. The molecule has 2 N–H and O–H groups in total. The summed E-state index contributed by atoms with van der Waals surface area (Å²) in [5.74, 6) is -0.0407. The molecule has 0 spiro atoms. The number of ketones is 1. The molecular formula is C34H39N5O8. The lowest BCUT2D eigenvalue weighted by molar-refractivity contribution is -0.198. The maximum absolute atomic E-state index is 12.8. The first-order valence-electron chi connectivity index (χ1n) is 15.5. The van der Waals surface area contributed by atoms with E-state index in [4.69, 9.17) is 23.7 Å². The van der Waals surface area contributed by atoms with Crippen LogP contribution in [0.15, 0.2) is 61.2 Å². The van der Waals surface area contributed by atoms with Crippen molar-refractivity contribution in [1.82, 2.24) is 19.5 Å². The maximum atomic E-state index is 12.8. The zero-order chi connectivity index (χ0) is 33.3. The summed E-state index contributed by atoms with van der Waals surface area (Å²) in [5, 5.41) is 12.2. The van der Waals surface area contributed by atoms with E-state index >= 15 is 0 Å². The van der Waals surface area contributed by atoms with Gasteiger partial charge >= 0.3 is 6.09 Å². The van der Waals surface area contributed by atoms with Crippen LogP contribution in [0.1, 0.15) is 68.8 Å². The molecule has 2 aromatic heterocycles. The van der Waals surface area contributed by atoms with Gasteiger partial charge in [0.15, 0.2) is 34.8 Å². The molecular weight excluding hydrogens is 606 g/mol. The number of aliphatic hydroxyl groups excluding tert-OH is 1. The van der Waals surface area contributed by atoms with E-state index in [9.17, 15) is 14.7 Å². The molecule has 6 rings (SSSR count). The minimum absolute atomic E-state index is 0.0246. The Labute approximate surface area is 272 Å². The average Bonchev–Trinajstić information content (AvgIpc) is 3.69. The summed E-state index contributed by atoms with van der Waals surface area (Å²) < 4.78 is 32.3. The predicted octanol–water partition coefficient (Wildman–Crippen LogP) is 4.98. The number of imidazole rings is 1. The topological polar surface area (TPSA) is 156 Å². The lowest BCUT2D eigenvalue weighted by atomic mass is 9.99. The van der Waals surface area contributed by atoms with E-state index in [-0.39, 0.29) is 24.8 Å². The van der Waals surface area contributed by atoms with Crippen molar-refractivity contribution in [1.29, 1.82) is 0 Å². The van der Waals surface area contributed by atoms with Crippen LogP contribution < -0.4 is 10.1 Å². The van der Waals surface area contributed by atoms with Gasteiger partial charge in [0.1, 0.15) is 42.6 Å². The van der Waals surface area contributed by atoms with Gasteiger partial charge in [-0.15, -0.1) is 0 Å². The standard InChI is InChI=1S/C34H39N5O8/c1-33(2,3)47-32(42)38-29-26-30(36-18-35-29)39(19-37-26)31-28-27(45-34(4,5)46-28)25(44-31)17-43-22-11-8-9-20(15-22)13-14-24(41)23-12-7-6-10-21(23)16-40/h6-12,15,18-19,25,27-28,31,40H,13-14,16-17H2,1-5H3,(H,35,36,38,42)/t25-,27-,28-,31-/m1/s1. The quantitative estimate of drug-likeness (QED) is 0.224. The van der Waals surface area contributed by atoms with Gasteiger partial charge in [0.2, 0.25) is 0 Å². The SMILES string of the molecule is CC(C)(C)OC(=O)Nc1ncnc2c1ncn2[C@@H]1O[C@H](COc2cccc(CCC(=O)c3ccccc3CO)c2)[C@H]2OC(C)(C)O[C@H]21. The zero-order valence-electron chi connectivity index (χ0n) is 27.0. The van der Waals surface area contributed by atoms with Crippen LogP contribution >= 0.6 is 0 Å². The first kappa shape index (κ1) is 32.5. The monoisotopic (exact) mass is 645 g/mol. The number of carbonyl (C=O) groups is 2. The molecule has 2 fully saturated rings. The molecule has 2 aromatic carbocycles. The number of aromatic nitrogens is 4. The van der Waals surface area contributed by atoms with Gasteiger partial charge in [0, 0.05) is 12.0 Å². The highest BCUT2D eigenvalue weighted by atomic mass is 16.8. The van der Waals surface area contributed by atoms with Crippen molar-refractivity contribution < 1.29 is 38.4 Å². The fraction of sp³-hybridized carbons (Fsp3) is 0.441. The van der Waals surface area contributed by atoms with Crippen LogP contribution in [0.2, 0.25) is 0 Å². The minimum atomic E-state index is -0.856. The number of carbonyl (C=O) groups excluding carboxylic acids is 2.